The molecule has 4 aliphatic rings. The van der Waals surface area contributed by atoms with Gasteiger partial charge in [-0.3, -0.25) is 4.79 Å². The first kappa shape index (κ1) is 20.6. The fourth-order valence-corrected chi connectivity index (χ4v) is 5.41. The molecule has 2 amide bonds. The molecule has 9 heteroatoms. The summed E-state index contributed by atoms with van der Waals surface area (Å²) in [7, 11) is 0. The molecule has 0 bridgehead atoms. The van der Waals surface area contributed by atoms with Gasteiger partial charge in [-0.25, -0.2) is 4.79 Å². The van der Waals surface area contributed by atoms with Crippen LogP contribution in [-0.2, 0) is 15.7 Å². The number of piperidine rings is 1. The van der Waals surface area contributed by atoms with Crippen LogP contribution in [0.5, 0.6) is 5.75 Å². The Kier molecular flexibility index (Phi) is 4.91. The number of carbonyl (C=O) groups is 2. The SMILES string of the molecule is O=C1CO[C@H]2CCN(C(=O)N3CC4(CC(Oc5ccc(C(F)(F)F)cc5)C4)C3)C[C@H]2C1. The fourth-order valence-electron chi connectivity index (χ4n) is 5.41. The van der Waals surface area contributed by atoms with E-state index < -0.39 is 11.7 Å². The van der Waals surface area contributed by atoms with Crippen LogP contribution in [0.25, 0.3) is 0 Å². The van der Waals surface area contributed by atoms with E-state index in [1.807, 2.05) is 9.80 Å². The van der Waals surface area contributed by atoms with Gasteiger partial charge in [-0.15, -0.1) is 0 Å². The molecule has 0 unspecified atom stereocenters. The van der Waals surface area contributed by atoms with Crippen LogP contribution in [0.2, 0.25) is 0 Å². The van der Waals surface area contributed by atoms with Gasteiger partial charge in [0.05, 0.1) is 11.7 Å². The van der Waals surface area contributed by atoms with E-state index in [1.165, 1.54) is 12.1 Å². The molecule has 31 heavy (non-hydrogen) atoms. The van der Waals surface area contributed by atoms with Crippen molar-refractivity contribution >= 4 is 11.8 Å². The van der Waals surface area contributed by atoms with Crippen molar-refractivity contribution in [3.05, 3.63) is 29.8 Å². The number of hydrogen-bond acceptors (Lipinski definition) is 4. The van der Waals surface area contributed by atoms with Gasteiger partial charge in [-0.05, 0) is 43.5 Å². The highest BCUT2D eigenvalue weighted by Gasteiger charge is 2.55. The Hall–Kier alpha value is -2.29. The van der Waals surface area contributed by atoms with E-state index in [-0.39, 0.29) is 42.0 Å². The van der Waals surface area contributed by atoms with Crippen LogP contribution in [0.1, 0.15) is 31.2 Å². The minimum atomic E-state index is -4.35. The molecule has 0 aromatic heterocycles. The van der Waals surface area contributed by atoms with Crippen molar-refractivity contribution in [3.8, 4) is 5.75 Å². The Morgan fingerprint density at radius 3 is 2.52 bits per heavy atom. The molecule has 1 aromatic carbocycles. The molecule has 1 aliphatic carbocycles. The van der Waals surface area contributed by atoms with E-state index in [4.69, 9.17) is 9.47 Å². The van der Waals surface area contributed by atoms with Crippen molar-refractivity contribution in [2.45, 2.75) is 44.1 Å². The lowest BCUT2D eigenvalue weighted by Crippen LogP contribution is -2.68. The highest BCUT2D eigenvalue weighted by molar-refractivity contribution is 5.81. The second-order valence-electron chi connectivity index (χ2n) is 9.40. The molecule has 1 spiro atoms. The molecule has 3 saturated heterocycles. The van der Waals surface area contributed by atoms with Crippen LogP contribution in [0.3, 0.4) is 0 Å². The molecule has 6 nitrogen and oxygen atoms in total. The summed E-state index contributed by atoms with van der Waals surface area (Å²) in [5, 5.41) is 0. The third kappa shape index (κ3) is 4.00. The van der Waals surface area contributed by atoms with Gasteiger partial charge in [-0.2, -0.15) is 13.2 Å². The van der Waals surface area contributed by atoms with E-state index in [1.54, 1.807) is 0 Å². The summed E-state index contributed by atoms with van der Waals surface area (Å²) in [5.41, 5.74) is -0.625. The van der Waals surface area contributed by atoms with Crippen molar-refractivity contribution < 1.29 is 32.2 Å². The average Bonchev–Trinajstić information content (AvgIpc) is 2.67. The molecule has 2 atom stereocenters. The highest BCUT2D eigenvalue weighted by Crippen LogP contribution is 2.50. The van der Waals surface area contributed by atoms with Crippen LogP contribution in [0, 0.1) is 11.3 Å². The molecule has 5 rings (SSSR count). The predicted molar refractivity (Wildman–Crippen MR) is 104 cm³/mol. The van der Waals surface area contributed by atoms with E-state index in [0.29, 0.717) is 38.3 Å². The zero-order chi connectivity index (χ0) is 21.8. The molecule has 1 aromatic rings. The normalized spacial score (nSPS) is 28.0. The lowest BCUT2D eigenvalue weighted by atomic mass is 9.62. The number of ether oxygens (including phenoxy) is 2. The number of amides is 2. The van der Waals surface area contributed by atoms with Crippen molar-refractivity contribution in [1.29, 1.82) is 0 Å². The van der Waals surface area contributed by atoms with Crippen LogP contribution >= 0.6 is 0 Å². The quantitative estimate of drug-likeness (QED) is 0.711. The van der Waals surface area contributed by atoms with Crippen molar-refractivity contribution in [2.24, 2.45) is 11.3 Å². The first-order valence-corrected chi connectivity index (χ1v) is 10.7. The Balaban J connectivity index is 1.08. The summed E-state index contributed by atoms with van der Waals surface area (Å²) in [6.07, 6.45) is -1.45. The predicted octanol–water partition coefficient (Wildman–Crippen LogP) is 3.35. The number of rotatable bonds is 2. The Labute approximate surface area is 178 Å². The van der Waals surface area contributed by atoms with Gasteiger partial charge in [0, 0.05) is 43.9 Å². The average molecular weight is 438 g/mol. The number of halogens is 3. The lowest BCUT2D eigenvalue weighted by molar-refractivity contribution is -0.140. The molecule has 3 aliphatic heterocycles. The number of fused-ring (bicyclic) bond motifs is 1. The zero-order valence-electron chi connectivity index (χ0n) is 17.1. The van der Waals surface area contributed by atoms with Gasteiger partial charge in [-0.1, -0.05) is 0 Å². The Morgan fingerprint density at radius 2 is 1.84 bits per heavy atom. The molecular formula is C22H25F3N2O4. The van der Waals surface area contributed by atoms with Crippen LogP contribution in [-0.4, -0.2) is 66.6 Å². The molecule has 3 heterocycles. The van der Waals surface area contributed by atoms with Gasteiger partial charge in [0.1, 0.15) is 18.5 Å². The third-order valence-electron chi connectivity index (χ3n) is 7.01. The number of ketones is 1. The van der Waals surface area contributed by atoms with E-state index in [0.717, 1.165) is 31.4 Å². The second kappa shape index (κ2) is 7.39. The number of nitrogens with zero attached hydrogens (tertiary/aromatic N) is 2. The number of benzene rings is 1. The van der Waals surface area contributed by atoms with Crippen LogP contribution < -0.4 is 4.74 Å². The van der Waals surface area contributed by atoms with Crippen molar-refractivity contribution in [3.63, 3.8) is 0 Å². The Bertz CT molecular complexity index is 859. The largest absolute Gasteiger partial charge is 0.490 e. The van der Waals surface area contributed by atoms with Crippen molar-refractivity contribution in [2.75, 3.05) is 32.8 Å². The first-order chi connectivity index (χ1) is 14.7. The molecule has 1 saturated carbocycles. The zero-order valence-corrected chi connectivity index (χ0v) is 17.1. The summed E-state index contributed by atoms with van der Waals surface area (Å²) in [6, 6.07) is 4.79. The molecule has 168 valence electrons. The maximum Gasteiger partial charge on any atom is 0.416 e. The highest BCUT2D eigenvalue weighted by atomic mass is 19.4. The summed E-state index contributed by atoms with van der Waals surface area (Å²) >= 11 is 0. The molecular weight excluding hydrogens is 413 g/mol. The number of alkyl halides is 3. The topological polar surface area (TPSA) is 59.1 Å². The summed E-state index contributed by atoms with van der Waals surface area (Å²) in [4.78, 5) is 28.2. The van der Waals surface area contributed by atoms with E-state index in [2.05, 4.69) is 0 Å². The standard InChI is InChI=1S/C22H25F3N2O4/c23-22(24,25)15-1-3-17(4-2-15)31-18-8-21(9-18)12-27(13-21)20(29)26-6-5-19-14(10-26)7-16(28)11-30-19/h1-4,14,18-19H,5-13H2/t14-,19+/m1/s1. The van der Waals surface area contributed by atoms with Crippen LogP contribution in [0.4, 0.5) is 18.0 Å². The number of likely N-dealkylation sites (tertiary alicyclic amines) is 2. The van der Waals surface area contributed by atoms with Gasteiger partial charge >= 0.3 is 12.2 Å². The second-order valence-corrected chi connectivity index (χ2v) is 9.40. The smallest absolute Gasteiger partial charge is 0.416 e. The maximum atomic E-state index is 12.9. The molecule has 0 radical (unpaired) electrons. The van der Waals surface area contributed by atoms with Gasteiger partial charge in [0.25, 0.3) is 0 Å². The number of carbonyl (C=O) groups excluding carboxylic acids is 2. The van der Waals surface area contributed by atoms with Gasteiger partial charge < -0.3 is 19.3 Å². The van der Waals surface area contributed by atoms with Gasteiger partial charge in [0.15, 0.2) is 5.78 Å². The van der Waals surface area contributed by atoms with E-state index in [9.17, 15) is 22.8 Å². The minimum Gasteiger partial charge on any atom is -0.490 e. The number of hydrogen-bond donors (Lipinski definition) is 0. The maximum absolute atomic E-state index is 12.9. The lowest BCUT2D eigenvalue weighted by Gasteiger charge is -2.59. The first-order valence-electron chi connectivity index (χ1n) is 10.7. The molecule has 0 N–H and O–H groups in total. The van der Waals surface area contributed by atoms with E-state index >= 15 is 0 Å². The monoisotopic (exact) mass is 438 g/mol. The van der Waals surface area contributed by atoms with Crippen LogP contribution in [0.15, 0.2) is 24.3 Å². The fraction of sp³-hybridized carbons (Fsp3) is 0.636. The Morgan fingerprint density at radius 1 is 1.13 bits per heavy atom. The van der Waals surface area contributed by atoms with Gasteiger partial charge in [0.2, 0.25) is 0 Å². The summed E-state index contributed by atoms with van der Waals surface area (Å²) in [5.74, 6) is 0.638. The number of Topliss-reactive ketones (excluding diaryl/α,β-unsaturated/α-hetero) is 1. The number of urea groups is 1. The molecule has 4 fully saturated rings. The summed E-state index contributed by atoms with van der Waals surface area (Å²) in [6.45, 7) is 2.77. The summed E-state index contributed by atoms with van der Waals surface area (Å²) < 4.78 is 49.4. The minimum absolute atomic E-state index is 0.0224. The van der Waals surface area contributed by atoms with Crippen molar-refractivity contribution in [1.82, 2.24) is 9.80 Å². The third-order valence-corrected chi connectivity index (χ3v) is 7.01.